The molecule has 0 amide bonds. The number of aliphatic carboxylic acids is 5. The van der Waals surface area contributed by atoms with Crippen LogP contribution in [0.4, 0.5) is 0 Å². The fourth-order valence-electron chi connectivity index (χ4n) is 1.24. The summed E-state index contributed by atoms with van der Waals surface area (Å²) in [6, 6.07) is 0.735. The topological polar surface area (TPSA) is 457 Å². The van der Waals surface area contributed by atoms with Crippen LogP contribution in [-0.2, 0) is 55.6 Å². The first-order valence-electron chi connectivity index (χ1n) is 11.2. The quantitative estimate of drug-likeness (QED) is 0.0416. The van der Waals surface area contributed by atoms with E-state index >= 15 is 0 Å². The van der Waals surface area contributed by atoms with Gasteiger partial charge in [0.2, 0.25) is 0 Å². The van der Waals surface area contributed by atoms with Crippen molar-refractivity contribution in [3.63, 3.8) is 0 Å². The summed E-state index contributed by atoms with van der Waals surface area (Å²) in [6.45, 7) is 8.55. The summed E-state index contributed by atoms with van der Waals surface area (Å²) in [4.78, 5) is 42.8. The summed E-state index contributed by atoms with van der Waals surface area (Å²) in [5.74, 6) is -6.49. The van der Waals surface area contributed by atoms with Crippen LogP contribution in [0.2, 0.25) is 0 Å². The fourth-order valence-corrected chi connectivity index (χ4v) is 2.47. The number of hydrogen-bond acceptors (Lipinski definition) is 15. The Kier molecular flexibility index (Phi) is 68.2. The molecule has 30 heteroatoms. The van der Waals surface area contributed by atoms with Crippen LogP contribution in [0.15, 0.2) is 21.9 Å². The van der Waals surface area contributed by atoms with E-state index in [2.05, 4.69) is 5.32 Å². The summed E-state index contributed by atoms with van der Waals surface area (Å²) in [5.41, 5.74) is 10.3. The third-order valence-electron chi connectivity index (χ3n) is 2.25. The van der Waals surface area contributed by atoms with E-state index in [-0.39, 0.29) is 93.0 Å². The van der Waals surface area contributed by atoms with Crippen LogP contribution in [0.3, 0.4) is 0 Å². The van der Waals surface area contributed by atoms with E-state index in [9.17, 15) is 16.8 Å². The van der Waals surface area contributed by atoms with Crippen LogP contribution in [-0.4, -0.2) is 131 Å². The Morgan fingerprint density at radius 1 is 0.660 bits per heavy atom. The third-order valence-corrected chi connectivity index (χ3v) is 3.94. The Labute approximate surface area is 361 Å². The number of hydrogen-bond donors (Lipinski definition) is 14. The van der Waals surface area contributed by atoms with Crippen LogP contribution < -0.4 is 105 Å². The molecule has 1 aromatic carbocycles. The molecule has 0 aliphatic heterocycles. The van der Waals surface area contributed by atoms with Crippen molar-refractivity contribution in [3.8, 4) is 11.5 Å². The van der Waals surface area contributed by atoms with Crippen LogP contribution >= 0.6 is 0 Å². The van der Waals surface area contributed by atoms with Gasteiger partial charge in [0.05, 0.1) is 4.90 Å². The van der Waals surface area contributed by atoms with Gasteiger partial charge in [-0.2, -0.15) is 21.0 Å². The Hall–Kier alpha value is -1.06. The Morgan fingerprint density at radius 2 is 0.880 bits per heavy atom. The van der Waals surface area contributed by atoms with E-state index in [0.717, 1.165) is 47.7 Å². The van der Waals surface area contributed by atoms with Gasteiger partial charge in [0.15, 0.2) is 11.5 Å². The number of nitrogens with one attached hydrogen (secondary N) is 1. The van der Waals surface area contributed by atoms with Crippen molar-refractivity contribution >= 4 is 61.4 Å². The molecular weight excluding hydrogens is 783 g/mol. The molecule has 24 nitrogen and oxygen atoms in total. The zero-order valence-electron chi connectivity index (χ0n) is 31.4. The standard InChI is InChI=1S/C6H6O8S2.C4H13N3.5C2H4O2.3Na.H2O3S.3H/c7-4-1-3(15(9,10)11)2-5(6(4)8)16(12,13)14;5-1-3-7-4-2-6;5*1-2(3)4;;;;1-4(2)3;;;/h1-2,7-8H,(H,9,10,11)(H,12,13,14);7H,1-6H2;5*1H3,(H,3,4);;;;(H2,1,2,3);;;/q;;;;;;;3*+1;;3*-1. The summed E-state index contributed by atoms with van der Waals surface area (Å²) >= 11 is -2.61. The first-order valence-corrected chi connectivity index (χ1v) is 15.2. The molecule has 0 radical (unpaired) electrons. The van der Waals surface area contributed by atoms with Gasteiger partial charge < -0.3 is 56.8 Å². The molecule has 286 valence electrons. The van der Waals surface area contributed by atoms with Gasteiger partial charge in [0.1, 0.15) is 4.90 Å². The summed E-state index contributed by atoms with van der Waals surface area (Å²) in [6.07, 6.45) is 0. The minimum absolute atomic E-state index is 0. The smallest absolute Gasteiger partial charge is 1.00 e. The zero-order valence-corrected chi connectivity index (χ0v) is 36.8. The Morgan fingerprint density at radius 3 is 1.04 bits per heavy atom. The molecule has 1 aromatic rings. The SMILES string of the molecule is CC(=O)O.CC(=O)O.CC(=O)O.CC(=O)O.CC(=O)O.NCCNCCN.O=S(=O)(O)c1cc(O)c(O)c(S(=O)(=O)O)c1.O=S(O)O.[H-].[H-].[H-].[Na+].[Na+].[Na+]. The summed E-state index contributed by atoms with van der Waals surface area (Å²) < 4.78 is 82.7. The zero-order chi connectivity index (χ0) is 39.7. The molecule has 0 spiro atoms. The van der Waals surface area contributed by atoms with Gasteiger partial charge in [-0.3, -0.25) is 42.2 Å². The predicted molar refractivity (Wildman–Crippen MR) is 164 cm³/mol. The molecule has 0 aromatic heterocycles. The number of rotatable bonds is 6. The van der Waals surface area contributed by atoms with Crippen molar-refractivity contribution in [1.29, 1.82) is 0 Å². The molecular formula is C20H44N3Na3O21S3. The number of phenolic OH excluding ortho intramolecular Hbond substituents is 2. The molecule has 1 rings (SSSR count). The van der Waals surface area contributed by atoms with Gasteiger partial charge in [0, 0.05) is 66.9 Å². The number of carboxylic acid groups (broad SMARTS) is 5. The van der Waals surface area contributed by atoms with Gasteiger partial charge in [-0.25, -0.2) is 0 Å². The van der Waals surface area contributed by atoms with E-state index in [0.29, 0.717) is 25.2 Å². The van der Waals surface area contributed by atoms with Crippen molar-refractivity contribution in [1.82, 2.24) is 5.32 Å². The molecule has 50 heavy (non-hydrogen) atoms. The molecule has 0 atom stereocenters. The summed E-state index contributed by atoms with van der Waals surface area (Å²) in [5, 5.41) is 58.2. The number of benzene rings is 1. The van der Waals surface area contributed by atoms with Crippen molar-refractivity contribution < 1.29 is 192 Å². The number of carboxylic acids is 5. The first-order chi connectivity index (χ1) is 20.8. The van der Waals surface area contributed by atoms with Crippen LogP contribution in [0.1, 0.15) is 38.9 Å². The van der Waals surface area contributed by atoms with Crippen molar-refractivity contribution in [3.05, 3.63) is 12.1 Å². The number of nitrogens with two attached hydrogens (primary N) is 2. The third kappa shape index (κ3) is 103. The molecule has 0 saturated carbocycles. The number of carbonyl (C=O) groups is 5. The minimum Gasteiger partial charge on any atom is -1.00 e. The van der Waals surface area contributed by atoms with Gasteiger partial charge in [0.25, 0.3) is 61.4 Å². The summed E-state index contributed by atoms with van der Waals surface area (Å²) in [7, 11) is -9.70. The molecule has 0 aliphatic carbocycles. The molecule has 0 heterocycles. The molecule has 0 fully saturated rings. The molecule has 0 bridgehead atoms. The van der Waals surface area contributed by atoms with Gasteiger partial charge >= 0.3 is 88.7 Å². The van der Waals surface area contributed by atoms with Crippen LogP contribution in [0, 0.1) is 0 Å². The van der Waals surface area contributed by atoms with Gasteiger partial charge in [-0.05, 0) is 6.07 Å². The van der Waals surface area contributed by atoms with Crippen molar-refractivity contribution in [2.75, 3.05) is 26.2 Å². The van der Waals surface area contributed by atoms with Crippen LogP contribution in [0.25, 0.3) is 0 Å². The minimum atomic E-state index is -4.92. The normalized spacial score (nSPS) is 8.56. The molecule has 16 N–H and O–H groups in total. The molecule has 0 aliphatic rings. The number of phenols is 2. The number of aromatic hydroxyl groups is 2. The van der Waals surface area contributed by atoms with Gasteiger partial charge in [-0.1, -0.05) is 0 Å². The van der Waals surface area contributed by atoms with Crippen molar-refractivity contribution in [2.24, 2.45) is 11.5 Å². The molecule has 0 saturated heterocycles. The van der Waals surface area contributed by atoms with E-state index in [1.54, 1.807) is 0 Å². The monoisotopic (exact) mass is 827 g/mol. The fraction of sp³-hybridized carbons (Fsp3) is 0.450. The second kappa shape index (κ2) is 46.0. The predicted octanol–water partition coefficient (Wildman–Crippen LogP) is -10.4. The average Bonchev–Trinajstić information content (AvgIpc) is 2.78. The Balaban J connectivity index is -0.0000000338. The van der Waals surface area contributed by atoms with Crippen molar-refractivity contribution in [2.45, 2.75) is 44.4 Å². The van der Waals surface area contributed by atoms with E-state index < -0.39 is 82.7 Å². The second-order valence-electron chi connectivity index (χ2n) is 6.89. The van der Waals surface area contributed by atoms with E-state index in [4.69, 9.17) is 93.6 Å². The maximum absolute atomic E-state index is 10.7. The maximum Gasteiger partial charge on any atom is 1.00 e. The van der Waals surface area contributed by atoms with E-state index in [1.807, 2.05) is 0 Å². The average molecular weight is 828 g/mol. The van der Waals surface area contributed by atoms with Gasteiger partial charge in [-0.15, -0.1) is 0 Å². The van der Waals surface area contributed by atoms with Crippen LogP contribution in [0.5, 0.6) is 11.5 Å². The van der Waals surface area contributed by atoms with E-state index in [1.165, 1.54) is 0 Å². The maximum atomic E-state index is 10.7. The molecule has 0 unspecified atom stereocenters. The Bertz CT molecular complexity index is 1200. The second-order valence-corrected chi connectivity index (χ2v) is 10.2. The largest absolute Gasteiger partial charge is 1.00 e. The first kappa shape index (κ1) is 74.2.